The van der Waals surface area contributed by atoms with Crippen molar-refractivity contribution in [2.45, 2.75) is 32.9 Å². The molecule has 0 aliphatic rings. The molecule has 2 aromatic rings. The minimum Gasteiger partial charge on any atom is -0.483 e. The number of carbonyl (C=O) groups excluding carboxylic acids is 2. The summed E-state index contributed by atoms with van der Waals surface area (Å²) in [7, 11) is 0. The summed E-state index contributed by atoms with van der Waals surface area (Å²) in [4.78, 5) is 27.2. The molecule has 0 aliphatic heterocycles. The van der Waals surface area contributed by atoms with Crippen LogP contribution in [0.3, 0.4) is 0 Å². The van der Waals surface area contributed by atoms with Crippen molar-refractivity contribution in [2.75, 3.05) is 13.2 Å². The van der Waals surface area contributed by atoms with Gasteiger partial charge in [0.1, 0.15) is 11.8 Å². The quantitative estimate of drug-likeness (QED) is 0.445. The van der Waals surface area contributed by atoms with Crippen molar-refractivity contribution < 1.29 is 14.3 Å². The molecule has 0 fully saturated rings. The lowest BCUT2D eigenvalue weighted by atomic mass is 10.1. The summed E-state index contributed by atoms with van der Waals surface area (Å²) in [6.45, 7) is 4.11. The van der Waals surface area contributed by atoms with E-state index >= 15 is 0 Å². The molecule has 2 aromatic carbocycles. The smallest absolute Gasteiger partial charge is 0.261 e. The van der Waals surface area contributed by atoms with Crippen molar-refractivity contribution >= 4 is 62.5 Å². The molecule has 1 atom stereocenters. The summed E-state index contributed by atoms with van der Waals surface area (Å²) in [5.74, 6) is -0.0737. The first-order chi connectivity index (χ1) is 14.3. The molecule has 2 amide bonds. The average Bonchev–Trinajstić information content (AvgIpc) is 2.70. The summed E-state index contributed by atoms with van der Waals surface area (Å²) in [5.41, 5.74) is 0.758. The lowest BCUT2D eigenvalue weighted by Gasteiger charge is -2.30. The number of likely N-dealkylation sites (N-methyl/N-ethyl adjacent to an activating group) is 1. The van der Waals surface area contributed by atoms with E-state index in [4.69, 9.17) is 39.5 Å². The van der Waals surface area contributed by atoms with Crippen molar-refractivity contribution in [3.05, 3.63) is 61.5 Å². The van der Waals surface area contributed by atoms with Crippen molar-refractivity contribution in [2.24, 2.45) is 0 Å². The second-order valence-corrected chi connectivity index (χ2v) is 8.56. The third kappa shape index (κ3) is 6.77. The third-order valence-corrected chi connectivity index (χ3v) is 5.91. The van der Waals surface area contributed by atoms with Gasteiger partial charge in [-0.25, -0.2) is 0 Å². The van der Waals surface area contributed by atoms with E-state index in [9.17, 15) is 9.59 Å². The molecule has 0 unspecified atom stereocenters. The van der Waals surface area contributed by atoms with Crippen LogP contribution < -0.4 is 10.1 Å². The highest BCUT2D eigenvalue weighted by atomic mass is 79.9. The van der Waals surface area contributed by atoms with Crippen LogP contribution in [0.15, 0.2) is 40.9 Å². The van der Waals surface area contributed by atoms with Gasteiger partial charge in [-0.1, -0.05) is 47.8 Å². The van der Waals surface area contributed by atoms with Gasteiger partial charge >= 0.3 is 0 Å². The Kier molecular flexibility index (Phi) is 9.75. The van der Waals surface area contributed by atoms with Crippen molar-refractivity contribution in [1.82, 2.24) is 10.2 Å². The molecule has 5 nitrogen and oxygen atoms in total. The molecule has 0 saturated carbocycles. The summed E-state index contributed by atoms with van der Waals surface area (Å²) < 4.78 is 6.31. The van der Waals surface area contributed by atoms with Gasteiger partial charge in [-0.2, -0.15) is 0 Å². The zero-order chi connectivity index (χ0) is 22.3. The Labute approximate surface area is 199 Å². The van der Waals surface area contributed by atoms with E-state index in [0.717, 1.165) is 5.56 Å². The van der Waals surface area contributed by atoms with Crippen molar-refractivity contribution in [1.29, 1.82) is 0 Å². The van der Waals surface area contributed by atoms with Crippen LogP contribution in [0.2, 0.25) is 15.1 Å². The average molecular weight is 537 g/mol. The Hall–Kier alpha value is -1.47. The molecule has 0 spiro atoms. The van der Waals surface area contributed by atoms with Crippen molar-refractivity contribution in [3.63, 3.8) is 0 Å². The Morgan fingerprint density at radius 2 is 1.83 bits per heavy atom. The first kappa shape index (κ1) is 24.8. The van der Waals surface area contributed by atoms with Crippen LogP contribution >= 0.6 is 50.7 Å². The van der Waals surface area contributed by atoms with Gasteiger partial charge in [-0.05, 0) is 65.2 Å². The second kappa shape index (κ2) is 11.8. The fraction of sp³-hybridized carbons (Fsp3) is 0.333. The van der Waals surface area contributed by atoms with E-state index in [1.165, 1.54) is 4.90 Å². The predicted molar refractivity (Wildman–Crippen MR) is 124 cm³/mol. The molecule has 0 radical (unpaired) electrons. The van der Waals surface area contributed by atoms with Crippen LogP contribution in [0.25, 0.3) is 0 Å². The number of nitrogens with zero attached hydrogens (tertiary/aromatic N) is 1. The number of benzene rings is 2. The van der Waals surface area contributed by atoms with Gasteiger partial charge in [0.2, 0.25) is 5.91 Å². The molecule has 1 N–H and O–H groups in total. The number of ether oxygens (including phenoxy) is 1. The molecule has 162 valence electrons. The van der Waals surface area contributed by atoms with Crippen LogP contribution in [0.5, 0.6) is 5.75 Å². The monoisotopic (exact) mass is 534 g/mol. The predicted octanol–water partition coefficient (Wildman–Crippen LogP) is 5.73. The summed E-state index contributed by atoms with van der Waals surface area (Å²) in [6, 6.07) is 9.49. The summed E-state index contributed by atoms with van der Waals surface area (Å²) in [6.07, 6.45) is 0.448. The molecule has 0 aliphatic carbocycles. The largest absolute Gasteiger partial charge is 0.483 e. The van der Waals surface area contributed by atoms with E-state index in [1.54, 1.807) is 36.4 Å². The third-order valence-electron chi connectivity index (χ3n) is 4.32. The van der Waals surface area contributed by atoms with Crippen LogP contribution in [0.1, 0.15) is 25.8 Å². The number of hydrogen-bond acceptors (Lipinski definition) is 3. The SMILES string of the molecule is CCNC(=O)[C@@H](CC)N(Cc1ccc(Cl)c(Cl)c1)C(=O)COc1ccc(Cl)cc1Br. The number of carbonyl (C=O) groups is 2. The standard InChI is InChI=1S/C21H22BrCl3N2O3/c1-3-18(21(29)26-4-2)27(11-13-5-7-16(24)17(25)9-13)20(28)12-30-19-8-6-14(23)10-15(19)22/h5-10,18H,3-4,11-12H2,1-2H3,(H,26,29)/t18-/m1/s1. The zero-order valence-electron chi connectivity index (χ0n) is 16.6. The number of hydrogen-bond donors (Lipinski definition) is 1. The van der Waals surface area contributed by atoms with Gasteiger partial charge in [-0.3, -0.25) is 9.59 Å². The molecule has 0 heterocycles. The Morgan fingerprint density at radius 3 is 2.43 bits per heavy atom. The van der Waals surface area contributed by atoms with Crippen LogP contribution in [-0.4, -0.2) is 35.9 Å². The maximum absolute atomic E-state index is 13.1. The van der Waals surface area contributed by atoms with Crippen LogP contribution in [0, 0.1) is 0 Å². The van der Waals surface area contributed by atoms with Crippen LogP contribution in [-0.2, 0) is 16.1 Å². The number of halogens is 4. The molecule has 30 heavy (non-hydrogen) atoms. The summed E-state index contributed by atoms with van der Waals surface area (Å²) in [5, 5.41) is 4.13. The highest BCUT2D eigenvalue weighted by Crippen LogP contribution is 2.28. The molecular formula is C21H22BrCl3N2O3. The van der Waals surface area contributed by atoms with E-state index in [1.807, 2.05) is 13.8 Å². The van der Waals surface area contributed by atoms with Crippen molar-refractivity contribution in [3.8, 4) is 5.75 Å². The topological polar surface area (TPSA) is 58.6 Å². The van der Waals surface area contributed by atoms with E-state index < -0.39 is 6.04 Å². The van der Waals surface area contributed by atoms with E-state index in [-0.39, 0.29) is 25.0 Å². The summed E-state index contributed by atoms with van der Waals surface area (Å²) >= 11 is 21.4. The minimum absolute atomic E-state index is 0.191. The number of nitrogens with one attached hydrogen (secondary N) is 1. The number of rotatable bonds is 9. The maximum Gasteiger partial charge on any atom is 0.261 e. The molecule has 2 rings (SSSR count). The molecular weight excluding hydrogens is 515 g/mol. The second-order valence-electron chi connectivity index (χ2n) is 6.45. The van der Waals surface area contributed by atoms with Gasteiger partial charge in [-0.15, -0.1) is 0 Å². The van der Waals surface area contributed by atoms with Crippen LogP contribution in [0.4, 0.5) is 0 Å². The molecule has 9 heteroatoms. The minimum atomic E-state index is -0.649. The van der Waals surface area contributed by atoms with Gasteiger partial charge in [0, 0.05) is 18.1 Å². The molecule has 0 saturated heterocycles. The van der Waals surface area contributed by atoms with E-state index in [2.05, 4.69) is 21.2 Å². The lowest BCUT2D eigenvalue weighted by Crippen LogP contribution is -2.50. The highest BCUT2D eigenvalue weighted by Gasteiger charge is 2.29. The molecule has 0 aromatic heterocycles. The Balaban J connectivity index is 2.24. The molecule has 0 bridgehead atoms. The fourth-order valence-electron chi connectivity index (χ4n) is 2.86. The maximum atomic E-state index is 13.1. The first-order valence-electron chi connectivity index (χ1n) is 9.35. The van der Waals surface area contributed by atoms with Gasteiger partial charge in [0.15, 0.2) is 6.61 Å². The Bertz CT molecular complexity index is 911. The Morgan fingerprint density at radius 1 is 1.10 bits per heavy atom. The van der Waals surface area contributed by atoms with Gasteiger partial charge in [0.25, 0.3) is 5.91 Å². The van der Waals surface area contributed by atoms with Gasteiger partial charge < -0.3 is 15.0 Å². The van der Waals surface area contributed by atoms with E-state index in [0.29, 0.717) is 38.3 Å². The zero-order valence-corrected chi connectivity index (χ0v) is 20.4. The fourth-order valence-corrected chi connectivity index (χ4v) is 3.98. The van der Waals surface area contributed by atoms with Gasteiger partial charge in [0.05, 0.1) is 14.5 Å². The highest BCUT2D eigenvalue weighted by molar-refractivity contribution is 9.10. The number of amides is 2. The normalized spacial score (nSPS) is 11.7. The lowest BCUT2D eigenvalue weighted by molar-refractivity contribution is -0.142. The first-order valence-corrected chi connectivity index (χ1v) is 11.3.